The zero-order chi connectivity index (χ0) is 22.5. The number of para-hydroxylation sites is 1. The van der Waals surface area contributed by atoms with Crippen molar-refractivity contribution in [1.82, 2.24) is 4.90 Å². The van der Waals surface area contributed by atoms with Gasteiger partial charge in [-0.25, -0.2) is 13.6 Å². The SMILES string of the molecule is CCCCCCCN(C(=O)Nc1c(F)cccc1F)C(OCOCC)c1ccccc1. The van der Waals surface area contributed by atoms with Gasteiger partial charge in [0.15, 0.2) is 6.23 Å². The Bertz CT molecular complexity index is 769. The molecular weight excluding hydrogens is 402 g/mol. The molecule has 0 fully saturated rings. The minimum atomic E-state index is -0.831. The Labute approximate surface area is 183 Å². The van der Waals surface area contributed by atoms with Crippen LogP contribution in [0.25, 0.3) is 0 Å². The lowest BCUT2D eigenvalue weighted by atomic mass is 10.1. The van der Waals surface area contributed by atoms with Crippen molar-refractivity contribution in [2.75, 3.05) is 25.3 Å². The van der Waals surface area contributed by atoms with Gasteiger partial charge in [-0.1, -0.05) is 69.0 Å². The number of unbranched alkanes of at least 4 members (excludes halogenated alkanes) is 4. The standard InChI is InChI=1S/C24H32F2N2O3/c1-3-5-6-7-11-17-28(24(29)27-22-20(25)15-12-16-21(22)26)23(31-18-30-4-2)19-13-9-8-10-14-19/h8-10,12-16,23H,3-7,11,17-18H2,1-2H3,(H,27,29). The van der Waals surface area contributed by atoms with E-state index in [-0.39, 0.29) is 6.79 Å². The lowest BCUT2D eigenvalue weighted by Gasteiger charge is -2.32. The monoisotopic (exact) mass is 434 g/mol. The van der Waals surface area contributed by atoms with Crippen LogP contribution in [0.2, 0.25) is 0 Å². The van der Waals surface area contributed by atoms with E-state index in [2.05, 4.69) is 12.2 Å². The highest BCUT2D eigenvalue weighted by Gasteiger charge is 2.27. The minimum absolute atomic E-state index is 0.0102. The van der Waals surface area contributed by atoms with Gasteiger partial charge in [0.2, 0.25) is 0 Å². The molecule has 0 saturated heterocycles. The van der Waals surface area contributed by atoms with Crippen molar-refractivity contribution in [2.45, 2.75) is 52.2 Å². The van der Waals surface area contributed by atoms with Crippen LogP contribution in [0.4, 0.5) is 19.3 Å². The number of carbonyl (C=O) groups is 1. The van der Waals surface area contributed by atoms with Crippen LogP contribution in [0, 0.1) is 11.6 Å². The van der Waals surface area contributed by atoms with E-state index in [1.807, 2.05) is 37.3 Å². The van der Waals surface area contributed by atoms with Gasteiger partial charge in [-0.05, 0) is 25.5 Å². The summed E-state index contributed by atoms with van der Waals surface area (Å²) in [6, 6.07) is 12.1. The number of carbonyl (C=O) groups excluding carboxylic acids is 1. The highest BCUT2D eigenvalue weighted by molar-refractivity contribution is 5.89. The third-order valence-electron chi connectivity index (χ3n) is 4.84. The van der Waals surface area contributed by atoms with Gasteiger partial charge in [0, 0.05) is 18.7 Å². The van der Waals surface area contributed by atoms with Crippen LogP contribution < -0.4 is 5.32 Å². The second-order valence-electron chi connectivity index (χ2n) is 7.17. The summed E-state index contributed by atoms with van der Waals surface area (Å²) in [4.78, 5) is 14.6. The molecule has 0 heterocycles. The summed E-state index contributed by atoms with van der Waals surface area (Å²) in [5.74, 6) is -1.66. The Kier molecular flexibility index (Phi) is 11.0. The summed E-state index contributed by atoms with van der Waals surface area (Å²) in [5, 5.41) is 2.39. The van der Waals surface area contributed by atoms with Gasteiger partial charge in [0.1, 0.15) is 24.1 Å². The number of benzene rings is 2. The second kappa shape index (κ2) is 13.7. The summed E-state index contributed by atoms with van der Waals surface area (Å²) in [5.41, 5.74) is 0.278. The van der Waals surface area contributed by atoms with Gasteiger partial charge in [0.25, 0.3) is 0 Å². The van der Waals surface area contributed by atoms with Crippen LogP contribution in [0.5, 0.6) is 0 Å². The Morgan fingerprint density at radius 1 is 0.968 bits per heavy atom. The fourth-order valence-electron chi connectivity index (χ4n) is 3.19. The number of hydrogen-bond acceptors (Lipinski definition) is 3. The molecule has 0 aliphatic carbocycles. The van der Waals surface area contributed by atoms with E-state index in [0.717, 1.165) is 49.8 Å². The number of nitrogens with one attached hydrogen (secondary N) is 1. The van der Waals surface area contributed by atoms with E-state index >= 15 is 0 Å². The first-order valence-corrected chi connectivity index (χ1v) is 10.8. The lowest BCUT2D eigenvalue weighted by molar-refractivity contribution is -0.130. The molecule has 0 aliphatic heterocycles. The Balaban J connectivity index is 2.25. The van der Waals surface area contributed by atoms with Crippen molar-refractivity contribution in [3.63, 3.8) is 0 Å². The summed E-state index contributed by atoms with van der Waals surface area (Å²) < 4.78 is 39.4. The number of rotatable bonds is 13. The Hall–Kier alpha value is -2.51. The molecule has 0 aromatic heterocycles. The van der Waals surface area contributed by atoms with Crippen molar-refractivity contribution in [3.8, 4) is 0 Å². The fraction of sp³-hybridized carbons (Fsp3) is 0.458. The Morgan fingerprint density at radius 2 is 1.65 bits per heavy atom. The molecule has 1 unspecified atom stereocenters. The van der Waals surface area contributed by atoms with Crippen molar-refractivity contribution in [3.05, 3.63) is 65.7 Å². The van der Waals surface area contributed by atoms with Gasteiger partial charge in [-0.3, -0.25) is 4.90 Å². The summed E-state index contributed by atoms with van der Waals surface area (Å²) in [6.07, 6.45) is 4.22. The lowest BCUT2D eigenvalue weighted by Crippen LogP contribution is -2.40. The molecule has 2 aromatic carbocycles. The minimum Gasteiger partial charge on any atom is -0.356 e. The van der Waals surface area contributed by atoms with Gasteiger partial charge in [-0.15, -0.1) is 0 Å². The smallest absolute Gasteiger partial charge is 0.324 e. The molecule has 0 bridgehead atoms. The molecule has 5 nitrogen and oxygen atoms in total. The van der Waals surface area contributed by atoms with Crippen LogP contribution in [-0.2, 0) is 9.47 Å². The number of halogens is 2. The van der Waals surface area contributed by atoms with Crippen LogP contribution in [-0.4, -0.2) is 30.9 Å². The first-order valence-electron chi connectivity index (χ1n) is 10.8. The molecular formula is C24H32F2N2O3. The van der Waals surface area contributed by atoms with E-state index in [4.69, 9.17) is 9.47 Å². The normalized spacial score (nSPS) is 11.9. The average Bonchev–Trinajstić information content (AvgIpc) is 2.78. The molecule has 2 amide bonds. The predicted octanol–water partition coefficient (Wildman–Crippen LogP) is 6.48. The first kappa shape index (κ1) is 24.8. The van der Waals surface area contributed by atoms with Crippen molar-refractivity contribution < 1.29 is 23.0 Å². The van der Waals surface area contributed by atoms with E-state index in [1.54, 1.807) is 0 Å². The Morgan fingerprint density at radius 3 is 2.29 bits per heavy atom. The number of amides is 2. The van der Waals surface area contributed by atoms with Crippen LogP contribution >= 0.6 is 0 Å². The summed E-state index contributed by atoms with van der Waals surface area (Å²) in [6.45, 7) is 4.81. The molecule has 2 rings (SSSR count). The molecule has 7 heteroatoms. The number of urea groups is 1. The molecule has 0 spiro atoms. The second-order valence-corrected chi connectivity index (χ2v) is 7.17. The van der Waals surface area contributed by atoms with Crippen molar-refractivity contribution in [1.29, 1.82) is 0 Å². The van der Waals surface area contributed by atoms with E-state index in [9.17, 15) is 13.6 Å². The van der Waals surface area contributed by atoms with Crippen molar-refractivity contribution >= 4 is 11.7 Å². The van der Waals surface area contributed by atoms with E-state index in [1.165, 1.54) is 11.0 Å². The van der Waals surface area contributed by atoms with Crippen molar-refractivity contribution in [2.24, 2.45) is 0 Å². The summed E-state index contributed by atoms with van der Waals surface area (Å²) >= 11 is 0. The maximum absolute atomic E-state index is 14.1. The molecule has 1 N–H and O–H groups in total. The molecule has 170 valence electrons. The van der Waals surface area contributed by atoms with E-state index in [0.29, 0.717) is 13.2 Å². The molecule has 0 aliphatic rings. The third kappa shape index (κ3) is 7.92. The third-order valence-corrected chi connectivity index (χ3v) is 4.84. The number of nitrogens with zero attached hydrogens (tertiary/aromatic N) is 1. The van der Waals surface area contributed by atoms with Crippen LogP contribution in [0.3, 0.4) is 0 Å². The highest BCUT2D eigenvalue weighted by atomic mass is 19.1. The largest absolute Gasteiger partial charge is 0.356 e. The van der Waals surface area contributed by atoms with Gasteiger partial charge in [-0.2, -0.15) is 0 Å². The van der Waals surface area contributed by atoms with Crippen LogP contribution in [0.1, 0.15) is 57.7 Å². The first-order chi connectivity index (χ1) is 15.1. The highest BCUT2D eigenvalue weighted by Crippen LogP contribution is 2.26. The fourth-order valence-corrected chi connectivity index (χ4v) is 3.19. The maximum Gasteiger partial charge on any atom is 0.324 e. The molecule has 2 aromatic rings. The van der Waals surface area contributed by atoms with Gasteiger partial charge < -0.3 is 14.8 Å². The predicted molar refractivity (Wildman–Crippen MR) is 118 cm³/mol. The topological polar surface area (TPSA) is 50.8 Å². The van der Waals surface area contributed by atoms with E-state index < -0.39 is 29.6 Å². The molecule has 0 saturated carbocycles. The number of hydrogen-bond donors (Lipinski definition) is 1. The van der Waals surface area contributed by atoms with Gasteiger partial charge >= 0.3 is 6.03 Å². The zero-order valence-corrected chi connectivity index (χ0v) is 18.3. The van der Waals surface area contributed by atoms with Crippen LogP contribution in [0.15, 0.2) is 48.5 Å². The number of anilines is 1. The molecule has 0 radical (unpaired) electrons. The maximum atomic E-state index is 14.1. The zero-order valence-electron chi connectivity index (χ0n) is 18.3. The average molecular weight is 435 g/mol. The van der Waals surface area contributed by atoms with Gasteiger partial charge in [0.05, 0.1) is 0 Å². The number of ether oxygens (including phenoxy) is 2. The molecule has 1 atom stereocenters. The quantitative estimate of drug-likeness (QED) is 0.290. The molecule has 31 heavy (non-hydrogen) atoms. The summed E-state index contributed by atoms with van der Waals surface area (Å²) in [7, 11) is 0.